The molecule has 0 aromatic carbocycles. The van der Waals surface area contributed by atoms with Crippen LogP contribution in [0.5, 0.6) is 0 Å². The van der Waals surface area contributed by atoms with Gasteiger partial charge in [-0.25, -0.2) is 0 Å². The summed E-state index contributed by atoms with van der Waals surface area (Å²) >= 11 is 0. The molecule has 0 aromatic rings. The summed E-state index contributed by atoms with van der Waals surface area (Å²) in [6.07, 6.45) is -26.2. The maximum absolute atomic E-state index is 11.2. The number of hydrogen-bond acceptors (Lipinski definition) is 16. The first-order valence-corrected chi connectivity index (χ1v) is 10.5. The first kappa shape index (κ1) is 27.9. The van der Waals surface area contributed by atoms with Gasteiger partial charge in [0.2, 0.25) is 0 Å². The maximum atomic E-state index is 11.2. The van der Waals surface area contributed by atoms with Crippen molar-refractivity contribution >= 4 is 0 Å². The van der Waals surface area contributed by atoms with Gasteiger partial charge in [-0.3, -0.25) is 0 Å². The summed E-state index contributed by atoms with van der Waals surface area (Å²) in [7, 11) is 0. The molecule has 0 saturated carbocycles. The zero-order valence-corrected chi connectivity index (χ0v) is 17.7. The van der Waals surface area contributed by atoms with Crippen LogP contribution in [0.15, 0.2) is 0 Å². The fourth-order valence-corrected chi connectivity index (χ4v) is 4.49. The molecule has 3 aliphatic heterocycles. The second-order valence-corrected chi connectivity index (χ2v) is 8.58. The predicted molar refractivity (Wildman–Crippen MR) is 101 cm³/mol. The smallest absolute Gasteiger partial charge is 0.187 e. The molecule has 3 fully saturated rings. The highest BCUT2D eigenvalue weighted by molar-refractivity contribution is 5.12. The van der Waals surface area contributed by atoms with Gasteiger partial charge in [-0.2, -0.15) is 0 Å². The summed E-state index contributed by atoms with van der Waals surface area (Å²) < 4.78 is 20.9. The standard InChI is InChI=1S/C18H32O16/c19-1-4-7(22)8(23)10(25)15(31-4)18(30)6(3-21)33-17(12(27)14(18)28)34-13-5(2-20)32-16(29)11(26)9(13)24/h4-17,19-30H,1-3H2/t4-,5-,6-,7+,8+,9-,10-,11-,12-,13-,14-,15-,16?,17+,18+/m1/s1. The van der Waals surface area contributed by atoms with Crippen molar-refractivity contribution in [1.29, 1.82) is 0 Å². The third-order valence-electron chi connectivity index (χ3n) is 6.53. The summed E-state index contributed by atoms with van der Waals surface area (Å²) in [6, 6.07) is 0. The van der Waals surface area contributed by atoms with Gasteiger partial charge in [-0.05, 0) is 0 Å². The molecule has 15 atom stereocenters. The normalized spacial score (nSPS) is 54.7. The Balaban J connectivity index is 1.85. The molecule has 3 saturated heterocycles. The maximum Gasteiger partial charge on any atom is 0.187 e. The van der Waals surface area contributed by atoms with Crippen LogP contribution in [-0.4, -0.2) is 173 Å². The van der Waals surface area contributed by atoms with Crippen LogP contribution < -0.4 is 0 Å². The average molecular weight is 504 g/mol. The van der Waals surface area contributed by atoms with Crippen LogP contribution in [0, 0.1) is 0 Å². The zero-order valence-electron chi connectivity index (χ0n) is 17.7. The molecule has 12 N–H and O–H groups in total. The van der Waals surface area contributed by atoms with Gasteiger partial charge in [0.15, 0.2) is 18.2 Å². The second-order valence-electron chi connectivity index (χ2n) is 8.58. The van der Waals surface area contributed by atoms with Crippen molar-refractivity contribution in [3.8, 4) is 0 Å². The Morgan fingerprint density at radius 2 is 1.24 bits per heavy atom. The molecule has 1 unspecified atom stereocenters. The van der Waals surface area contributed by atoms with Crippen molar-refractivity contribution in [2.75, 3.05) is 19.8 Å². The van der Waals surface area contributed by atoms with Gasteiger partial charge in [-0.15, -0.1) is 0 Å². The Labute approximate surface area is 192 Å². The highest BCUT2D eigenvalue weighted by Crippen LogP contribution is 2.40. The van der Waals surface area contributed by atoms with Crippen LogP contribution in [-0.2, 0) is 18.9 Å². The van der Waals surface area contributed by atoms with Gasteiger partial charge in [0.25, 0.3) is 0 Å². The SMILES string of the molecule is OC[C@H]1O[C@@H]([C@@]2(O)[C@H](O)[C@@H](O)[C@H](O[C@H]3[C@H](O)[C@@H](O)C(O)O[C@@H]3CO)O[C@@H]2CO)[C@H](O)[C@@H](O)[C@H]1O. The van der Waals surface area contributed by atoms with Gasteiger partial charge in [0.05, 0.1) is 19.8 Å². The third-order valence-corrected chi connectivity index (χ3v) is 6.53. The summed E-state index contributed by atoms with van der Waals surface area (Å²) in [5.41, 5.74) is -2.82. The molecule has 0 aromatic heterocycles. The molecule has 0 radical (unpaired) electrons. The van der Waals surface area contributed by atoms with Gasteiger partial charge in [0, 0.05) is 0 Å². The molecule has 16 heteroatoms. The van der Waals surface area contributed by atoms with Crippen molar-refractivity contribution in [1.82, 2.24) is 0 Å². The number of aliphatic hydroxyl groups excluding tert-OH is 11. The van der Waals surface area contributed by atoms with Crippen molar-refractivity contribution in [2.24, 2.45) is 0 Å². The van der Waals surface area contributed by atoms with Gasteiger partial charge < -0.3 is 80.2 Å². The van der Waals surface area contributed by atoms with Crippen molar-refractivity contribution in [3.05, 3.63) is 0 Å². The molecule has 3 rings (SSSR count). The van der Waals surface area contributed by atoms with Crippen molar-refractivity contribution < 1.29 is 80.2 Å². The number of aliphatic hydroxyl groups is 12. The lowest BCUT2D eigenvalue weighted by molar-refractivity contribution is -0.391. The van der Waals surface area contributed by atoms with E-state index in [-0.39, 0.29) is 0 Å². The minimum atomic E-state index is -2.82. The van der Waals surface area contributed by atoms with Gasteiger partial charge in [0.1, 0.15) is 73.2 Å². The fourth-order valence-electron chi connectivity index (χ4n) is 4.49. The molecule has 200 valence electrons. The Hall–Kier alpha value is -0.640. The molecule has 16 nitrogen and oxygen atoms in total. The quantitative estimate of drug-likeness (QED) is 0.160. The number of ether oxygens (including phenoxy) is 4. The minimum Gasteiger partial charge on any atom is -0.394 e. The van der Waals surface area contributed by atoms with E-state index < -0.39 is 111 Å². The third kappa shape index (κ3) is 4.59. The summed E-state index contributed by atoms with van der Waals surface area (Å²) in [4.78, 5) is 0. The van der Waals surface area contributed by atoms with E-state index in [1.807, 2.05) is 0 Å². The molecule has 34 heavy (non-hydrogen) atoms. The van der Waals surface area contributed by atoms with Crippen LogP contribution >= 0.6 is 0 Å². The molecule has 0 aliphatic carbocycles. The van der Waals surface area contributed by atoms with Crippen molar-refractivity contribution in [2.45, 2.75) is 91.4 Å². The van der Waals surface area contributed by atoms with E-state index in [1.165, 1.54) is 0 Å². The highest BCUT2D eigenvalue weighted by atomic mass is 16.7. The van der Waals surface area contributed by atoms with E-state index >= 15 is 0 Å². The van der Waals surface area contributed by atoms with E-state index in [1.54, 1.807) is 0 Å². The zero-order chi connectivity index (χ0) is 25.5. The number of rotatable bonds is 6. The molecule has 3 heterocycles. The fraction of sp³-hybridized carbons (Fsp3) is 1.00. The van der Waals surface area contributed by atoms with E-state index in [9.17, 15) is 61.3 Å². The lowest BCUT2D eigenvalue weighted by Gasteiger charge is -2.55. The van der Waals surface area contributed by atoms with E-state index in [0.717, 1.165) is 0 Å². The predicted octanol–water partition coefficient (Wildman–Crippen LogP) is -8.18. The van der Waals surface area contributed by atoms with Crippen LogP contribution in [0.3, 0.4) is 0 Å². The Morgan fingerprint density at radius 1 is 0.618 bits per heavy atom. The monoisotopic (exact) mass is 504 g/mol. The topological polar surface area (TPSA) is 280 Å². The van der Waals surface area contributed by atoms with Crippen LogP contribution in [0.4, 0.5) is 0 Å². The Morgan fingerprint density at radius 3 is 1.79 bits per heavy atom. The lowest BCUT2D eigenvalue weighted by Crippen LogP contribution is -2.77. The molecule has 3 aliphatic rings. The average Bonchev–Trinajstić information content (AvgIpc) is 2.82. The summed E-state index contributed by atoms with van der Waals surface area (Å²) in [5.74, 6) is 0. The lowest BCUT2D eigenvalue weighted by atomic mass is 9.75. The van der Waals surface area contributed by atoms with E-state index in [2.05, 4.69) is 0 Å². The molecule has 0 bridgehead atoms. The van der Waals surface area contributed by atoms with Crippen LogP contribution in [0.25, 0.3) is 0 Å². The van der Waals surface area contributed by atoms with Gasteiger partial charge in [-0.1, -0.05) is 0 Å². The Kier molecular flexibility index (Phi) is 8.85. The molecular weight excluding hydrogens is 472 g/mol. The molecular formula is C18H32O16. The first-order valence-electron chi connectivity index (χ1n) is 10.5. The van der Waals surface area contributed by atoms with E-state index in [4.69, 9.17) is 18.9 Å². The second kappa shape index (κ2) is 10.8. The minimum absolute atomic E-state index is 0.810. The largest absolute Gasteiger partial charge is 0.394 e. The number of hydrogen-bond donors (Lipinski definition) is 12. The van der Waals surface area contributed by atoms with Crippen molar-refractivity contribution in [3.63, 3.8) is 0 Å². The van der Waals surface area contributed by atoms with Crippen LogP contribution in [0.1, 0.15) is 0 Å². The molecule has 0 spiro atoms. The first-order chi connectivity index (χ1) is 15.9. The van der Waals surface area contributed by atoms with Crippen LogP contribution in [0.2, 0.25) is 0 Å². The molecule has 0 amide bonds. The summed E-state index contributed by atoms with van der Waals surface area (Å²) in [5, 5.41) is 121. The summed E-state index contributed by atoms with van der Waals surface area (Å²) in [6.45, 7) is -2.73. The highest BCUT2D eigenvalue weighted by Gasteiger charge is 2.64. The van der Waals surface area contributed by atoms with Gasteiger partial charge >= 0.3 is 0 Å². The Bertz CT molecular complexity index is 662. The van der Waals surface area contributed by atoms with E-state index in [0.29, 0.717) is 0 Å².